The van der Waals surface area contributed by atoms with Gasteiger partial charge in [0.25, 0.3) is 22.5 Å². The van der Waals surface area contributed by atoms with E-state index in [0.29, 0.717) is 68.6 Å². The van der Waals surface area contributed by atoms with E-state index in [1.165, 1.54) is 72.8 Å². The first-order valence-corrected chi connectivity index (χ1v) is 38.6. The molecule has 0 fully saturated rings. The summed E-state index contributed by atoms with van der Waals surface area (Å²) < 4.78 is 55.4. The molecule has 0 aliphatic carbocycles. The van der Waals surface area contributed by atoms with Crippen LogP contribution in [0, 0.1) is 136 Å². The Bertz CT molecular complexity index is 5550. The summed E-state index contributed by atoms with van der Waals surface area (Å²) in [6, 6.07) is 92.4. The van der Waals surface area contributed by atoms with Gasteiger partial charge < -0.3 is 58.9 Å². The van der Waals surface area contributed by atoms with Gasteiger partial charge in [0.05, 0.1) is 66.8 Å². The topological polar surface area (TPSA) is 450 Å². The Morgan fingerprint density at radius 1 is 0.167 bits per heavy atom. The number of nitrogens with zero attached hydrogens (tertiary/aromatic N) is 15. The molecule has 27 nitrogen and oxygen atoms in total. The summed E-state index contributed by atoms with van der Waals surface area (Å²) in [5, 5.41) is 140. The van der Waals surface area contributed by atoms with Crippen LogP contribution in [0.1, 0.15) is 66.8 Å². The summed E-state index contributed by atoms with van der Waals surface area (Å²) in [4.78, 5) is 0. The van der Waals surface area contributed by atoms with Crippen molar-refractivity contribution in [1.82, 2.24) is 0 Å². The minimum absolute atomic E-state index is 0.108. The number of hydrogen-bond acceptors (Lipinski definition) is 27. The quantitative estimate of drug-likeness (QED) is 0.0306. The maximum absolute atomic E-state index is 9.92. The van der Waals surface area contributed by atoms with E-state index in [1.807, 2.05) is 72.8 Å². The summed E-state index contributed by atoms with van der Waals surface area (Å²) in [5.41, 5.74) is 4.14. The second-order valence-electron chi connectivity index (χ2n) is 24.1. The Morgan fingerprint density at radius 3 is 0.412 bits per heavy atom. The molecule has 0 amide bonds. The zero-order valence-electron chi connectivity index (χ0n) is 58.7. The number of hydrogen-bond donors (Lipinski definition) is 6. The van der Waals surface area contributed by atoms with Crippen LogP contribution >= 0.6 is 22.5 Å². The van der Waals surface area contributed by atoms with Crippen LogP contribution in [0.4, 0.5) is 34.1 Å². The van der Waals surface area contributed by atoms with E-state index in [4.69, 9.17) is 42.0 Å². The zero-order valence-corrected chi connectivity index (χ0v) is 61.4. The fourth-order valence-corrected chi connectivity index (χ4v) is 22.4. The van der Waals surface area contributed by atoms with Gasteiger partial charge in [-0.25, -0.2) is 0 Å². The molecule has 13 rings (SSSR count). The van der Waals surface area contributed by atoms with Crippen molar-refractivity contribution >= 4 is 56.6 Å². The van der Waals surface area contributed by atoms with Gasteiger partial charge in [0.2, 0.25) is 0 Å². The number of nitrogens with one attached hydrogen (secondary N) is 6. The molecule has 1 aliphatic heterocycles. The van der Waals surface area contributed by atoms with E-state index >= 15 is 0 Å². The first-order chi connectivity index (χ1) is 55.6. The Balaban J connectivity index is 1.03. The highest BCUT2D eigenvalue weighted by Crippen LogP contribution is 2.77. The highest BCUT2D eigenvalue weighted by atomic mass is 31.3. The molecule has 114 heavy (non-hydrogen) atoms. The molecule has 540 valence electrons. The molecule has 0 atom stereocenters. The standard InChI is InChI=1S/C84H48N21O6P3/c85-43-55-1-19-79(37-61(55)49-91)106-73-25-7-67(8-26-73)97-112(98-68-9-27-74(28-10-68)107-80-20-2-56(44-86)62(38-80)50-92)103-113(99-69-11-29-75(30-12-69)108-81-21-3-57(45-87)63(39-81)51-93,100-70-13-31-76(32-14-70)109-82-22-4-58(46-88)64(40-82)52-94)105-114(104-112,101-71-15-33-77(34-16-71)110-83-23-5-59(47-89)65(41-83)53-95)102-72-17-35-78(36-18-72)111-84-24-6-60(48-90)66(42-84)54-96/h1-42,97-102H. The van der Waals surface area contributed by atoms with Crippen LogP contribution in [-0.2, 0) is 0 Å². The Kier molecular flexibility index (Phi) is 22.2. The minimum atomic E-state index is -4.11. The largest absolute Gasteiger partial charge is 0.457 e. The molecule has 12 aromatic carbocycles. The SMILES string of the molecule is N#Cc1ccc(Oc2ccc(NP3(Nc4ccc(Oc5ccc(C#N)c(C#N)c5)cc4)=NP(Nc4ccc(Oc5ccc(C#N)c(C#N)c5)cc4)(Nc4ccc(Oc5ccc(C#N)c(C#N)c5)cc4)=NP(Nc4ccc(Oc5ccc(C#N)c(C#N)c5)cc4)(Nc4ccc(Oc5ccc(C#N)c(C#N)c5)cc4)=N3)cc2)cc1C#N. The lowest BCUT2D eigenvalue weighted by molar-refractivity contribution is 0.482. The summed E-state index contributed by atoms with van der Waals surface area (Å²) in [6.07, 6.45) is 0. The fraction of sp³-hybridized carbons (Fsp3) is 0. The molecule has 6 N–H and O–H groups in total. The lowest BCUT2D eigenvalue weighted by atomic mass is 10.1. The molecular formula is C84H48N21O6P3. The second kappa shape index (κ2) is 33.7. The van der Waals surface area contributed by atoms with E-state index in [9.17, 15) is 63.1 Å². The van der Waals surface area contributed by atoms with Gasteiger partial charge in [-0.3, -0.25) is 0 Å². The van der Waals surface area contributed by atoms with E-state index in [-0.39, 0.29) is 101 Å². The van der Waals surface area contributed by atoms with Crippen LogP contribution in [0.15, 0.2) is 268 Å². The maximum atomic E-state index is 9.92. The molecule has 1 heterocycles. The van der Waals surface area contributed by atoms with Crippen LogP contribution in [-0.4, -0.2) is 0 Å². The normalized spacial score (nSPS) is 12.0. The van der Waals surface area contributed by atoms with Gasteiger partial charge in [-0.1, -0.05) is 0 Å². The average molecular weight is 1540 g/mol. The Labute approximate surface area is 652 Å². The van der Waals surface area contributed by atoms with E-state index in [1.54, 1.807) is 182 Å². The maximum Gasteiger partial charge on any atom is 0.268 e. The van der Waals surface area contributed by atoms with Gasteiger partial charge in [-0.05, 0) is 255 Å². The summed E-state index contributed by atoms with van der Waals surface area (Å²) >= 11 is 0. The molecule has 0 radical (unpaired) electrons. The van der Waals surface area contributed by atoms with Crippen molar-refractivity contribution in [2.75, 3.05) is 30.5 Å². The molecule has 0 bridgehead atoms. The Hall–Kier alpha value is -17.2. The predicted molar refractivity (Wildman–Crippen MR) is 424 cm³/mol. The zero-order chi connectivity index (χ0) is 79.6. The van der Waals surface area contributed by atoms with E-state index < -0.39 is 22.5 Å². The molecule has 30 heteroatoms. The van der Waals surface area contributed by atoms with Crippen molar-refractivity contribution in [3.8, 4) is 142 Å². The third kappa shape index (κ3) is 17.7. The van der Waals surface area contributed by atoms with Crippen LogP contribution in [0.25, 0.3) is 0 Å². The van der Waals surface area contributed by atoms with Gasteiger partial charge in [-0.2, -0.15) is 76.7 Å². The molecule has 1 aliphatic rings. The highest BCUT2D eigenvalue weighted by Gasteiger charge is 2.40. The van der Waals surface area contributed by atoms with Crippen LogP contribution in [0.3, 0.4) is 0 Å². The van der Waals surface area contributed by atoms with Crippen LogP contribution in [0.2, 0.25) is 0 Å². The summed E-state index contributed by atoms with van der Waals surface area (Å²) in [7, 11) is -12.3. The van der Waals surface area contributed by atoms with Crippen molar-refractivity contribution < 1.29 is 28.4 Å². The Morgan fingerprint density at radius 2 is 0.289 bits per heavy atom. The third-order valence-electron chi connectivity index (χ3n) is 16.4. The van der Waals surface area contributed by atoms with Gasteiger partial charge in [0, 0.05) is 34.1 Å². The smallest absolute Gasteiger partial charge is 0.268 e. The van der Waals surface area contributed by atoms with Crippen molar-refractivity contribution in [1.29, 1.82) is 63.1 Å². The number of rotatable bonds is 24. The molecular weight excluding hydrogens is 1490 g/mol. The van der Waals surface area contributed by atoms with Crippen LogP contribution < -0.4 is 58.9 Å². The predicted octanol–water partition coefficient (Wildman–Crippen LogP) is 21.7. The van der Waals surface area contributed by atoms with Crippen molar-refractivity contribution in [2.45, 2.75) is 0 Å². The highest BCUT2D eigenvalue weighted by molar-refractivity contribution is 7.89. The van der Waals surface area contributed by atoms with Crippen molar-refractivity contribution in [2.24, 2.45) is 13.5 Å². The molecule has 0 aromatic heterocycles. The average Bonchev–Trinajstić information content (AvgIpc) is 0.728. The first kappa shape index (κ1) is 75.1. The minimum Gasteiger partial charge on any atom is -0.457 e. The number of anilines is 6. The van der Waals surface area contributed by atoms with Gasteiger partial charge in [-0.15, -0.1) is 0 Å². The molecule has 0 spiro atoms. The van der Waals surface area contributed by atoms with Gasteiger partial charge in [0.15, 0.2) is 0 Å². The lowest BCUT2D eigenvalue weighted by Gasteiger charge is -2.38. The molecule has 0 saturated carbocycles. The van der Waals surface area contributed by atoms with Crippen LogP contribution in [0.5, 0.6) is 69.0 Å². The lowest BCUT2D eigenvalue weighted by Crippen LogP contribution is -2.16. The second-order valence-corrected chi connectivity index (χ2v) is 31.2. The molecule has 0 unspecified atom stereocenters. The summed E-state index contributed by atoms with van der Waals surface area (Å²) in [5.74, 6) is 3.67. The first-order valence-electron chi connectivity index (χ1n) is 33.5. The molecule has 12 aromatic rings. The van der Waals surface area contributed by atoms with Crippen molar-refractivity contribution in [3.05, 3.63) is 322 Å². The van der Waals surface area contributed by atoms with E-state index in [0.717, 1.165) is 0 Å². The summed E-state index contributed by atoms with van der Waals surface area (Å²) in [6.45, 7) is 0. The monoisotopic (exact) mass is 1540 g/mol. The number of ether oxygens (including phenoxy) is 6. The number of nitriles is 12. The van der Waals surface area contributed by atoms with Gasteiger partial charge in [0.1, 0.15) is 142 Å². The molecule has 0 saturated heterocycles. The van der Waals surface area contributed by atoms with Gasteiger partial charge >= 0.3 is 0 Å². The fourth-order valence-electron chi connectivity index (χ4n) is 11.1. The number of benzene rings is 12. The third-order valence-corrected chi connectivity index (χ3v) is 26.1. The van der Waals surface area contributed by atoms with Crippen molar-refractivity contribution in [3.63, 3.8) is 0 Å². The van der Waals surface area contributed by atoms with E-state index in [2.05, 4.69) is 30.5 Å².